The molecule has 1 saturated carbocycles. The van der Waals surface area contributed by atoms with Gasteiger partial charge in [0.1, 0.15) is 11.5 Å². The first-order valence-corrected chi connectivity index (χ1v) is 13.9. The number of sulfone groups is 1. The number of nitrogens with zero attached hydrogens (tertiary/aromatic N) is 3. The monoisotopic (exact) mass is 549 g/mol. The number of benzene rings is 2. The van der Waals surface area contributed by atoms with Gasteiger partial charge < -0.3 is 0 Å². The van der Waals surface area contributed by atoms with E-state index in [1.807, 2.05) is 6.08 Å². The molecule has 2 aliphatic rings. The third-order valence-electron chi connectivity index (χ3n) is 7.68. The van der Waals surface area contributed by atoms with Crippen LogP contribution in [0, 0.1) is 22.9 Å². The average Bonchev–Trinajstić information content (AvgIpc) is 3.35. The molecule has 2 heterocycles. The Bertz CT molecular complexity index is 1730. The number of hydrogen-bond acceptors (Lipinski definition) is 5. The summed E-state index contributed by atoms with van der Waals surface area (Å²) in [4.78, 5) is 18.0. The number of Topliss-reactive ketones (excluding diaryl/α,β-unsaturated/α-hetero) is 1. The molecule has 0 saturated heterocycles. The number of carbonyl (C=O) groups is 1. The van der Waals surface area contributed by atoms with Gasteiger partial charge in [-0.15, -0.1) is 0 Å². The van der Waals surface area contributed by atoms with Crippen LogP contribution in [0.15, 0.2) is 83.5 Å². The van der Waals surface area contributed by atoms with Crippen LogP contribution in [0.2, 0.25) is 0 Å². The maximum atomic E-state index is 14.1. The van der Waals surface area contributed by atoms with Crippen LogP contribution < -0.4 is 0 Å². The second kappa shape index (κ2) is 9.30. The Morgan fingerprint density at radius 1 is 1.00 bits per heavy atom. The normalized spacial score (nSPS) is 20.6. The van der Waals surface area contributed by atoms with Gasteiger partial charge in [0.05, 0.1) is 33.1 Å². The first-order chi connectivity index (χ1) is 18.7. The van der Waals surface area contributed by atoms with Crippen LogP contribution in [-0.2, 0) is 16.3 Å². The van der Waals surface area contributed by atoms with Crippen molar-refractivity contribution in [2.45, 2.75) is 35.8 Å². The molecule has 2 aromatic heterocycles. The number of fused-ring (bicyclic) bond motifs is 2. The molecule has 6 nitrogen and oxygen atoms in total. The quantitative estimate of drug-likeness (QED) is 0.242. The van der Waals surface area contributed by atoms with Crippen LogP contribution >= 0.6 is 0 Å². The predicted molar refractivity (Wildman–Crippen MR) is 137 cm³/mol. The highest BCUT2D eigenvalue weighted by Gasteiger charge is 2.52. The van der Waals surface area contributed by atoms with Gasteiger partial charge in [0.25, 0.3) is 0 Å². The molecule has 0 aliphatic heterocycles. The van der Waals surface area contributed by atoms with E-state index in [9.17, 15) is 26.4 Å². The molecule has 2 aliphatic carbocycles. The molecule has 0 bridgehead atoms. The van der Waals surface area contributed by atoms with Crippen molar-refractivity contribution in [1.29, 1.82) is 0 Å². The third-order valence-corrected chi connectivity index (χ3v) is 9.87. The first kappa shape index (κ1) is 25.2. The van der Waals surface area contributed by atoms with E-state index in [1.54, 1.807) is 41.2 Å². The molecule has 2 aromatic carbocycles. The summed E-state index contributed by atoms with van der Waals surface area (Å²) in [6.07, 6.45) is 5.64. The van der Waals surface area contributed by atoms with E-state index >= 15 is 0 Å². The largest absolute Gasteiger partial charge is 0.291 e. The van der Waals surface area contributed by atoms with Gasteiger partial charge in [-0.1, -0.05) is 11.6 Å². The standard InChI is InChI=1S/C29H22F3N3O3S/c30-20-5-7-21(8-6-20)35-27-13-19-4-9-23(39(37,38)22-10-11-24(31)25(32)14-22)16-29(19,15-18(27)17-34-35)28(36)26-3-1-2-12-33-26/h1-3,5-8,10-14,17,23H,4,9,15-16H2/t23-,29+/m1/s1. The lowest BCUT2D eigenvalue weighted by molar-refractivity contribution is 0.0796. The molecule has 0 N–H and O–H groups in total. The van der Waals surface area contributed by atoms with Crippen molar-refractivity contribution in [1.82, 2.24) is 14.8 Å². The Hall–Kier alpha value is -4.05. The Morgan fingerprint density at radius 3 is 2.51 bits per heavy atom. The van der Waals surface area contributed by atoms with Gasteiger partial charge in [-0.2, -0.15) is 5.10 Å². The summed E-state index contributed by atoms with van der Waals surface area (Å²) in [5.41, 5.74) is 1.87. The minimum absolute atomic E-state index is 0.0449. The summed E-state index contributed by atoms with van der Waals surface area (Å²) in [5.74, 6) is -3.07. The first-order valence-electron chi connectivity index (χ1n) is 12.4. The molecule has 0 spiro atoms. The number of carbonyl (C=O) groups excluding carboxylic acids is 1. The Morgan fingerprint density at radius 2 is 1.79 bits per heavy atom. The molecule has 0 unspecified atom stereocenters. The molecule has 10 heteroatoms. The van der Waals surface area contributed by atoms with Crippen LogP contribution in [0.1, 0.15) is 41.0 Å². The smallest absolute Gasteiger partial charge is 0.191 e. The van der Waals surface area contributed by atoms with Gasteiger partial charge in [0.2, 0.25) is 0 Å². The maximum Gasteiger partial charge on any atom is 0.191 e. The lowest BCUT2D eigenvalue weighted by atomic mass is 9.61. The van der Waals surface area contributed by atoms with Gasteiger partial charge in [0.15, 0.2) is 27.3 Å². The minimum atomic E-state index is -4.09. The van der Waals surface area contributed by atoms with Crippen molar-refractivity contribution < 1.29 is 26.4 Å². The van der Waals surface area contributed by atoms with E-state index in [2.05, 4.69) is 10.1 Å². The molecular weight excluding hydrogens is 527 g/mol. The molecule has 39 heavy (non-hydrogen) atoms. The summed E-state index contributed by atoms with van der Waals surface area (Å²) >= 11 is 0. The second-order valence-electron chi connectivity index (χ2n) is 9.90. The Kier molecular flexibility index (Phi) is 6.02. The van der Waals surface area contributed by atoms with Gasteiger partial charge in [-0.3, -0.25) is 9.78 Å². The van der Waals surface area contributed by atoms with E-state index in [4.69, 9.17) is 0 Å². The number of allylic oxidation sites excluding steroid dienone is 1. The zero-order valence-corrected chi connectivity index (χ0v) is 21.3. The van der Waals surface area contributed by atoms with E-state index in [0.29, 0.717) is 18.2 Å². The SMILES string of the molecule is O=C(c1ccccn1)[C@]12Cc3cnn(-c4ccc(F)cc4)c3C=C1CC[C@@H](S(=O)(=O)c1ccc(F)c(F)c1)C2. The lowest BCUT2D eigenvalue weighted by Gasteiger charge is -2.43. The van der Waals surface area contributed by atoms with E-state index in [1.165, 1.54) is 18.3 Å². The zero-order chi connectivity index (χ0) is 27.4. The maximum absolute atomic E-state index is 14.1. The van der Waals surface area contributed by atoms with Crippen molar-refractivity contribution in [3.8, 4) is 5.69 Å². The molecule has 6 rings (SSSR count). The van der Waals surface area contributed by atoms with Crippen molar-refractivity contribution in [3.05, 3.63) is 113 Å². The topological polar surface area (TPSA) is 81.9 Å². The number of ketones is 1. The average molecular weight is 550 g/mol. The van der Waals surface area contributed by atoms with Crippen molar-refractivity contribution in [2.24, 2.45) is 5.41 Å². The van der Waals surface area contributed by atoms with Crippen LogP contribution in [0.25, 0.3) is 11.8 Å². The predicted octanol–water partition coefficient (Wildman–Crippen LogP) is 5.52. The van der Waals surface area contributed by atoms with Crippen LogP contribution in [-0.4, -0.2) is 34.2 Å². The fourth-order valence-electron chi connectivity index (χ4n) is 5.71. The number of aromatic nitrogens is 3. The lowest BCUT2D eigenvalue weighted by Crippen LogP contribution is -2.45. The second-order valence-corrected chi connectivity index (χ2v) is 12.1. The van der Waals surface area contributed by atoms with E-state index in [-0.39, 0.29) is 41.5 Å². The number of halogens is 3. The minimum Gasteiger partial charge on any atom is -0.291 e. The van der Waals surface area contributed by atoms with Crippen molar-refractivity contribution >= 4 is 21.7 Å². The van der Waals surface area contributed by atoms with Crippen LogP contribution in [0.5, 0.6) is 0 Å². The molecule has 2 atom stereocenters. The molecule has 0 radical (unpaired) electrons. The van der Waals surface area contributed by atoms with E-state index in [0.717, 1.165) is 29.0 Å². The number of hydrogen-bond donors (Lipinski definition) is 0. The molecule has 4 aromatic rings. The van der Waals surface area contributed by atoms with Crippen molar-refractivity contribution in [2.75, 3.05) is 0 Å². The molecule has 198 valence electrons. The molecule has 1 fully saturated rings. The third kappa shape index (κ3) is 4.19. The highest BCUT2D eigenvalue weighted by Crippen LogP contribution is 2.51. The van der Waals surface area contributed by atoms with Gasteiger partial charge >= 0.3 is 0 Å². The summed E-state index contributed by atoms with van der Waals surface area (Å²) in [6, 6.07) is 13.4. The van der Waals surface area contributed by atoms with Crippen molar-refractivity contribution in [3.63, 3.8) is 0 Å². The summed E-state index contributed by atoms with van der Waals surface area (Å²) in [5, 5.41) is 3.48. The van der Waals surface area contributed by atoms with Crippen LogP contribution in [0.3, 0.4) is 0 Å². The number of rotatable bonds is 5. The Labute approximate surface area is 222 Å². The fraction of sp³-hybridized carbons (Fsp3) is 0.207. The highest BCUT2D eigenvalue weighted by molar-refractivity contribution is 7.92. The summed E-state index contributed by atoms with van der Waals surface area (Å²) in [7, 11) is -4.09. The summed E-state index contributed by atoms with van der Waals surface area (Å²) in [6.45, 7) is 0. The van der Waals surface area contributed by atoms with Gasteiger partial charge in [-0.25, -0.2) is 26.3 Å². The zero-order valence-electron chi connectivity index (χ0n) is 20.5. The highest BCUT2D eigenvalue weighted by atomic mass is 32.2. The fourth-order valence-corrected chi connectivity index (χ4v) is 7.55. The Balaban J connectivity index is 1.45. The van der Waals surface area contributed by atoms with Gasteiger partial charge in [-0.05, 0) is 91.9 Å². The summed E-state index contributed by atoms with van der Waals surface area (Å²) < 4.78 is 69.9. The van der Waals surface area contributed by atoms with Gasteiger partial charge in [0, 0.05) is 6.20 Å². The van der Waals surface area contributed by atoms with E-state index < -0.39 is 32.1 Å². The molecule has 0 amide bonds. The van der Waals surface area contributed by atoms with Crippen LogP contribution in [0.4, 0.5) is 13.2 Å². The molecular formula is C29H22F3N3O3S. The number of pyridine rings is 1.